The number of rotatable bonds is 5. The Balaban J connectivity index is 3.20. The molecule has 0 atom stereocenters. The smallest absolute Gasteiger partial charge is 0.338 e. The van der Waals surface area contributed by atoms with Gasteiger partial charge in [-0.2, -0.15) is 0 Å². The van der Waals surface area contributed by atoms with Crippen molar-refractivity contribution in [3.63, 3.8) is 0 Å². The molecule has 1 rings (SSSR count). The van der Waals surface area contributed by atoms with Crippen LogP contribution in [0.25, 0.3) is 0 Å². The average molecular weight is 240 g/mol. The molecular formula is C13H17FO3. The second-order valence-electron chi connectivity index (χ2n) is 3.58. The van der Waals surface area contributed by atoms with Crippen LogP contribution in [-0.4, -0.2) is 19.7 Å². The lowest BCUT2D eigenvalue weighted by molar-refractivity contribution is 0.0524. The van der Waals surface area contributed by atoms with Gasteiger partial charge in [-0.15, -0.1) is 0 Å². The van der Waals surface area contributed by atoms with Crippen LogP contribution in [0.4, 0.5) is 4.39 Å². The summed E-state index contributed by atoms with van der Waals surface area (Å²) in [6, 6.07) is 2.99. The van der Waals surface area contributed by atoms with Crippen LogP contribution in [0, 0.1) is 5.82 Å². The Morgan fingerprint density at radius 3 is 2.59 bits per heavy atom. The van der Waals surface area contributed by atoms with Crippen LogP contribution in [0.3, 0.4) is 0 Å². The topological polar surface area (TPSA) is 35.5 Å². The quantitative estimate of drug-likeness (QED) is 0.742. The van der Waals surface area contributed by atoms with Crippen LogP contribution in [0.15, 0.2) is 12.1 Å². The van der Waals surface area contributed by atoms with Crippen LogP contribution in [0.2, 0.25) is 0 Å². The largest absolute Gasteiger partial charge is 0.494 e. The van der Waals surface area contributed by atoms with Crippen LogP contribution in [0.1, 0.15) is 36.2 Å². The van der Waals surface area contributed by atoms with Gasteiger partial charge in [-0.25, -0.2) is 9.18 Å². The molecule has 0 N–H and O–H groups in total. The molecule has 0 amide bonds. The van der Waals surface area contributed by atoms with E-state index >= 15 is 0 Å². The monoisotopic (exact) mass is 240 g/mol. The molecule has 0 aliphatic carbocycles. The van der Waals surface area contributed by atoms with Crippen molar-refractivity contribution in [3.8, 4) is 5.75 Å². The lowest BCUT2D eigenvalue weighted by Crippen LogP contribution is -2.10. The fourth-order valence-electron chi connectivity index (χ4n) is 1.65. The van der Waals surface area contributed by atoms with Gasteiger partial charge < -0.3 is 9.47 Å². The van der Waals surface area contributed by atoms with Crippen LogP contribution in [-0.2, 0) is 11.2 Å². The summed E-state index contributed by atoms with van der Waals surface area (Å²) in [5.41, 5.74) is 0.650. The van der Waals surface area contributed by atoms with E-state index in [-0.39, 0.29) is 17.9 Å². The van der Waals surface area contributed by atoms with Gasteiger partial charge in [0.15, 0.2) is 11.6 Å². The molecule has 1 aromatic carbocycles. The van der Waals surface area contributed by atoms with Crippen molar-refractivity contribution in [2.45, 2.75) is 26.7 Å². The van der Waals surface area contributed by atoms with Gasteiger partial charge in [0.05, 0.1) is 19.3 Å². The normalized spacial score (nSPS) is 10.1. The minimum atomic E-state index is -0.488. The first kappa shape index (κ1) is 13.5. The van der Waals surface area contributed by atoms with Crippen molar-refractivity contribution in [1.29, 1.82) is 0 Å². The van der Waals surface area contributed by atoms with E-state index in [1.54, 1.807) is 13.0 Å². The van der Waals surface area contributed by atoms with E-state index < -0.39 is 11.8 Å². The molecule has 0 aromatic heterocycles. The lowest BCUT2D eigenvalue weighted by atomic mass is 10.0. The van der Waals surface area contributed by atoms with E-state index in [0.717, 1.165) is 6.42 Å². The molecule has 1 aromatic rings. The van der Waals surface area contributed by atoms with E-state index in [0.29, 0.717) is 12.0 Å². The molecule has 0 saturated heterocycles. The molecule has 4 heteroatoms. The van der Waals surface area contributed by atoms with Gasteiger partial charge >= 0.3 is 5.97 Å². The Morgan fingerprint density at radius 2 is 2.06 bits per heavy atom. The Labute approximate surface area is 101 Å². The number of hydrogen-bond donors (Lipinski definition) is 0. The highest BCUT2D eigenvalue weighted by Gasteiger charge is 2.18. The molecular weight excluding hydrogens is 223 g/mol. The number of hydrogen-bond acceptors (Lipinski definition) is 3. The Kier molecular flexibility index (Phi) is 4.94. The maximum Gasteiger partial charge on any atom is 0.338 e. The number of esters is 1. The molecule has 0 heterocycles. The summed E-state index contributed by atoms with van der Waals surface area (Å²) < 4.78 is 23.8. The highest BCUT2D eigenvalue weighted by molar-refractivity contribution is 5.91. The van der Waals surface area contributed by atoms with Crippen molar-refractivity contribution >= 4 is 5.97 Å². The molecule has 0 spiro atoms. The van der Waals surface area contributed by atoms with Crippen molar-refractivity contribution < 1.29 is 18.7 Å². The summed E-state index contributed by atoms with van der Waals surface area (Å²) in [5.74, 6) is -0.807. The molecule has 0 bridgehead atoms. The summed E-state index contributed by atoms with van der Waals surface area (Å²) >= 11 is 0. The Bertz CT molecular complexity index is 402. The predicted molar refractivity (Wildman–Crippen MR) is 62.9 cm³/mol. The summed E-state index contributed by atoms with van der Waals surface area (Å²) in [4.78, 5) is 11.7. The van der Waals surface area contributed by atoms with E-state index in [4.69, 9.17) is 9.47 Å². The average Bonchev–Trinajstić information content (AvgIpc) is 2.32. The fraction of sp³-hybridized carbons (Fsp3) is 0.462. The zero-order valence-corrected chi connectivity index (χ0v) is 10.4. The van der Waals surface area contributed by atoms with Crippen molar-refractivity contribution in [2.75, 3.05) is 13.7 Å². The van der Waals surface area contributed by atoms with Gasteiger partial charge in [-0.05, 0) is 25.5 Å². The standard InChI is InChI=1S/C13H17FO3/c1-4-6-9-10(13(15)17-5-2)7-8-11(16-3)12(9)14/h7-8H,4-6H2,1-3H3. The molecule has 0 radical (unpaired) electrons. The molecule has 0 fully saturated rings. The second kappa shape index (κ2) is 6.23. The number of halogens is 1. The van der Waals surface area contributed by atoms with Crippen LogP contribution < -0.4 is 4.74 Å². The van der Waals surface area contributed by atoms with E-state index in [2.05, 4.69) is 0 Å². The zero-order chi connectivity index (χ0) is 12.8. The number of methoxy groups -OCH3 is 1. The molecule has 0 aliphatic heterocycles. The number of ether oxygens (including phenoxy) is 2. The molecule has 94 valence electrons. The highest BCUT2D eigenvalue weighted by atomic mass is 19.1. The lowest BCUT2D eigenvalue weighted by Gasteiger charge is -2.11. The molecule has 0 aliphatic rings. The predicted octanol–water partition coefficient (Wildman–Crippen LogP) is 2.96. The first-order valence-corrected chi connectivity index (χ1v) is 5.68. The number of carbonyl (C=O) groups excluding carboxylic acids is 1. The van der Waals surface area contributed by atoms with Crippen molar-refractivity contribution in [3.05, 3.63) is 29.1 Å². The summed E-state index contributed by atoms with van der Waals surface area (Å²) in [6.07, 6.45) is 1.23. The zero-order valence-electron chi connectivity index (χ0n) is 10.4. The van der Waals surface area contributed by atoms with E-state index in [1.165, 1.54) is 13.2 Å². The summed E-state index contributed by atoms with van der Waals surface area (Å²) in [7, 11) is 1.40. The van der Waals surface area contributed by atoms with Gasteiger partial charge in [-0.3, -0.25) is 0 Å². The van der Waals surface area contributed by atoms with Gasteiger partial charge in [0, 0.05) is 5.56 Å². The van der Waals surface area contributed by atoms with Gasteiger partial charge in [0.2, 0.25) is 0 Å². The van der Waals surface area contributed by atoms with Crippen LogP contribution >= 0.6 is 0 Å². The minimum Gasteiger partial charge on any atom is -0.494 e. The molecule has 0 unspecified atom stereocenters. The summed E-state index contributed by atoms with van der Waals surface area (Å²) in [5, 5.41) is 0. The van der Waals surface area contributed by atoms with Crippen molar-refractivity contribution in [1.82, 2.24) is 0 Å². The first-order valence-electron chi connectivity index (χ1n) is 5.68. The Hall–Kier alpha value is -1.58. The Morgan fingerprint density at radius 1 is 1.35 bits per heavy atom. The van der Waals surface area contributed by atoms with E-state index in [1.807, 2.05) is 6.92 Å². The van der Waals surface area contributed by atoms with E-state index in [9.17, 15) is 9.18 Å². The van der Waals surface area contributed by atoms with Gasteiger partial charge in [-0.1, -0.05) is 13.3 Å². The van der Waals surface area contributed by atoms with Gasteiger partial charge in [0.25, 0.3) is 0 Å². The third-order valence-electron chi connectivity index (χ3n) is 2.42. The fourth-order valence-corrected chi connectivity index (χ4v) is 1.65. The van der Waals surface area contributed by atoms with Crippen LogP contribution in [0.5, 0.6) is 5.75 Å². The third kappa shape index (κ3) is 2.96. The van der Waals surface area contributed by atoms with Gasteiger partial charge in [0.1, 0.15) is 0 Å². The number of benzene rings is 1. The first-order chi connectivity index (χ1) is 8.15. The second-order valence-corrected chi connectivity index (χ2v) is 3.58. The maximum absolute atomic E-state index is 14.0. The summed E-state index contributed by atoms with van der Waals surface area (Å²) in [6.45, 7) is 3.92. The van der Waals surface area contributed by atoms with Crippen molar-refractivity contribution in [2.24, 2.45) is 0 Å². The third-order valence-corrected chi connectivity index (χ3v) is 2.42. The molecule has 17 heavy (non-hydrogen) atoms. The molecule has 3 nitrogen and oxygen atoms in total. The maximum atomic E-state index is 14.0. The highest BCUT2D eigenvalue weighted by Crippen LogP contribution is 2.25. The SMILES string of the molecule is CCCc1c(C(=O)OCC)ccc(OC)c1F. The molecule has 0 saturated carbocycles. The number of carbonyl (C=O) groups is 1. The minimum absolute atomic E-state index is 0.154.